The van der Waals surface area contributed by atoms with Gasteiger partial charge in [0.25, 0.3) is 0 Å². The molecule has 1 aromatic heterocycles. The Balaban J connectivity index is 1.80. The monoisotopic (exact) mass is 325 g/mol. The summed E-state index contributed by atoms with van der Waals surface area (Å²) in [7, 11) is -2.32. The zero-order valence-electron chi connectivity index (χ0n) is 11.9. The van der Waals surface area contributed by atoms with Gasteiger partial charge >= 0.3 is 6.09 Å². The number of benzene rings is 1. The van der Waals surface area contributed by atoms with Gasteiger partial charge in [-0.2, -0.15) is 4.31 Å². The second-order valence-electron chi connectivity index (χ2n) is 4.84. The molecular weight excluding hydrogens is 310 g/mol. The molecule has 1 fully saturated rings. The van der Waals surface area contributed by atoms with Crippen LogP contribution in [0.1, 0.15) is 0 Å². The lowest BCUT2D eigenvalue weighted by Crippen LogP contribution is -2.50. The van der Waals surface area contributed by atoms with E-state index in [1.165, 1.54) is 34.8 Å². The molecule has 9 heteroatoms. The predicted molar refractivity (Wildman–Crippen MR) is 76.7 cm³/mol. The molecule has 2 aromatic rings. The first kappa shape index (κ1) is 14.8. The molecule has 0 radical (unpaired) electrons. The van der Waals surface area contributed by atoms with Crippen molar-refractivity contribution in [2.24, 2.45) is 0 Å². The summed E-state index contributed by atoms with van der Waals surface area (Å²) < 4.78 is 36.4. The van der Waals surface area contributed by atoms with Gasteiger partial charge in [0.1, 0.15) is 5.52 Å². The zero-order valence-corrected chi connectivity index (χ0v) is 12.7. The number of oxazole rings is 1. The first-order valence-corrected chi connectivity index (χ1v) is 8.12. The van der Waals surface area contributed by atoms with Crippen molar-refractivity contribution in [1.29, 1.82) is 0 Å². The Labute approximate surface area is 127 Å². The average molecular weight is 325 g/mol. The minimum Gasteiger partial charge on any atom is -0.453 e. The quantitative estimate of drug-likeness (QED) is 0.814. The van der Waals surface area contributed by atoms with Crippen LogP contribution < -0.4 is 0 Å². The number of amides is 1. The van der Waals surface area contributed by atoms with Crippen LogP contribution in [0.3, 0.4) is 0 Å². The summed E-state index contributed by atoms with van der Waals surface area (Å²) in [5.41, 5.74) is 1.03. The van der Waals surface area contributed by atoms with Crippen molar-refractivity contribution in [3.05, 3.63) is 24.6 Å². The van der Waals surface area contributed by atoms with E-state index in [-0.39, 0.29) is 18.0 Å². The summed E-state index contributed by atoms with van der Waals surface area (Å²) >= 11 is 0. The molecule has 1 amide bonds. The number of hydrogen-bond donors (Lipinski definition) is 0. The summed E-state index contributed by atoms with van der Waals surface area (Å²) in [6.07, 6.45) is 0.830. The topological polar surface area (TPSA) is 93.0 Å². The third-order valence-corrected chi connectivity index (χ3v) is 5.51. The largest absolute Gasteiger partial charge is 0.453 e. The third-order valence-electron chi connectivity index (χ3n) is 3.61. The highest BCUT2D eigenvalue weighted by atomic mass is 32.2. The van der Waals surface area contributed by atoms with Gasteiger partial charge in [-0.15, -0.1) is 0 Å². The lowest BCUT2D eigenvalue weighted by Gasteiger charge is -2.32. The third kappa shape index (κ3) is 2.53. The number of carbonyl (C=O) groups is 1. The highest BCUT2D eigenvalue weighted by Crippen LogP contribution is 2.22. The number of nitrogens with zero attached hydrogens (tertiary/aromatic N) is 3. The Morgan fingerprint density at radius 3 is 2.68 bits per heavy atom. The standard InChI is InChI=1S/C13H15N3O5S/c1-20-13(17)15-4-6-16(7-5-15)22(18,19)10-2-3-11-12(8-10)21-9-14-11/h2-3,8-9H,4-7H2,1H3. The number of fused-ring (bicyclic) bond motifs is 1. The number of carbonyl (C=O) groups excluding carboxylic acids is 1. The SMILES string of the molecule is COC(=O)N1CCN(S(=O)(=O)c2ccc3ncoc3c2)CC1. The first-order valence-electron chi connectivity index (χ1n) is 6.68. The van der Waals surface area contributed by atoms with E-state index in [2.05, 4.69) is 9.72 Å². The van der Waals surface area contributed by atoms with Crippen LogP contribution in [0, 0.1) is 0 Å². The predicted octanol–water partition coefficient (Wildman–Crippen LogP) is 0.900. The maximum atomic E-state index is 12.6. The molecule has 22 heavy (non-hydrogen) atoms. The van der Waals surface area contributed by atoms with Crippen LogP contribution in [0.4, 0.5) is 4.79 Å². The maximum absolute atomic E-state index is 12.6. The Kier molecular flexibility index (Phi) is 3.75. The smallest absolute Gasteiger partial charge is 0.409 e. The van der Waals surface area contributed by atoms with Gasteiger partial charge in [0, 0.05) is 32.2 Å². The van der Waals surface area contributed by atoms with E-state index in [0.29, 0.717) is 24.2 Å². The van der Waals surface area contributed by atoms with E-state index in [0.717, 1.165) is 0 Å². The van der Waals surface area contributed by atoms with Crippen LogP contribution in [-0.2, 0) is 14.8 Å². The average Bonchev–Trinajstić information content (AvgIpc) is 3.01. The molecule has 0 N–H and O–H groups in total. The van der Waals surface area contributed by atoms with Crippen LogP contribution in [0.2, 0.25) is 0 Å². The number of piperazine rings is 1. The van der Waals surface area contributed by atoms with Gasteiger partial charge in [0.15, 0.2) is 12.0 Å². The van der Waals surface area contributed by atoms with Crippen molar-refractivity contribution >= 4 is 27.2 Å². The lowest BCUT2D eigenvalue weighted by atomic mass is 10.3. The molecule has 1 aliphatic rings. The molecule has 118 valence electrons. The van der Waals surface area contributed by atoms with Crippen molar-refractivity contribution in [2.75, 3.05) is 33.3 Å². The number of rotatable bonds is 2. The molecule has 2 heterocycles. The van der Waals surface area contributed by atoms with Crippen molar-refractivity contribution in [3.8, 4) is 0 Å². The highest BCUT2D eigenvalue weighted by Gasteiger charge is 2.30. The van der Waals surface area contributed by atoms with E-state index in [9.17, 15) is 13.2 Å². The minimum atomic E-state index is -3.62. The summed E-state index contributed by atoms with van der Waals surface area (Å²) in [6, 6.07) is 4.58. The molecule has 0 unspecified atom stereocenters. The van der Waals surface area contributed by atoms with E-state index < -0.39 is 16.1 Å². The minimum absolute atomic E-state index is 0.156. The number of ether oxygens (including phenoxy) is 1. The van der Waals surface area contributed by atoms with E-state index in [1.807, 2.05) is 0 Å². The van der Waals surface area contributed by atoms with Crippen LogP contribution in [0.25, 0.3) is 11.1 Å². The van der Waals surface area contributed by atoms with Gasteiger partial charge in [0.05, 0.1) is 12.0 Å². The second-order valence-corrected chi connectivity index (χ2v) is 6.78. The fourth-order valence-electron chi connectivity index (χ4n) is 2.39. The van der Waals surface area contributed by atoms with Gasteiger partial charge in [-0.1, -0.05) is 0 Å². The van der Waals surface area contributed by atoms with Crippen LogP contribution in [0.5, 0.6) is 0 Å². The van der Waals surface area contributed by atoms with Crippen molar-refractivity contribution < 1.29 is 22.4 Å². The van der Waals surface area contributed by atoms with Crippen molar-refractivity contribution in [3.63, 3.8) is 0 Å². The van der Waals surface area contributed by atoms with E-state index in [1.54, 1.807) is 6.07 Å². The highest BCUT2D eigenvalue weighted by molar-refractivity contribution is 7.89. The molecule has 0 saturated carbocycles. The molecule has 1 aromatic carbocycles. The normalized spacial score (nSPS) is 16.9. The van der Waals surface area contributed by atoms with Gasteiger partial charge < -0.3 is 14.1 Å². The molecule has 1 aliphatic heterocycles. The fraction of sp³-hybridized carbons (Fsp3) is 0.385. The van der Waals surface area contributed by atoms with E-state index in [4.69, 9.17) is 4.42 Å². The van der Waals surface area contributed by atoms with Crippen LogP contribution in [-0.4, -0.2) is 62.0 Å². The molecule has 8 nitrogen and oxygen atoms in total. The van der Waals surface area contributed by atoms with Crippen LogP contribution >= 0.6 is 0 Å². The summed E-state index contributed by atoms with van der Waals surface area (Å²) in [6.45, 7) is 1.06. The number of aromatic nitrogens is 1. The Morgan fingerprint density at radius 2 is 2.00 bits per heavy atom. The van der Waals surface area contributed by atoms with Gasteiger partial charge in [-0.05, 0) is 12.1 Å². The fourth-order valence-corrected chi connectivity index (χ4v) is 3.82. The number of methoxy groups -OCH3 is 1. The van der Waals surface area contributed by atoms with Crippen LogP contribution in [0.15, 0.2) is 33.9 Å². The van der Waals surface area contributed by atoms with Gasteiger partial charge in [-0.25, -0.2) is 18.2 Å². The molecule has 0 aliphatic carbocycles. The maximum Gasteiger partial charge on any atom is 0.409 e. The molecule has 0 spiro atoms. The van der Waals surface area contributed by atoms with E-state index >= 15 is 0 Å². The lowest BCUT2D eigenvalue weighted by molar-refractivity contribution is 0.108. The van der Waals surface area contributed by atoms with Crippen molar-refractivity contribution in [2.45, 2.75) is 4.90 Å². The Hall–Kier alpha value is -2.13. The molecular formula is C13H15N3O5S. The Morgan fingerprint density at radius 1 is 1.27 bits per heavy atom. The molecule has 0 bridgehead atoms. The number of sulfonamides is 1. The Bertz CT molecular complexity index is 793. The summed E-state index contributed by atoms with van der Waals surface area (Å²) in [4.78, 5) is 17.0. The zero-order chi connectivity index (χ0) is 15.7. The number of hydrogen-bond acceptors (Lipinski definition) is 6. The van der Waals surface area contributed by atoms with Crippen molar-refractivity contribution in [1.82, 2.24) is 14.2 Å². The van der Waals surface area contributed by atoms with Gasteiger partial charge in [0.2, 0.25) is 10.0 Å². The summed E-state index contributed by atoms with van der Waals surface area (Å²) in [5, 5.41) is 0. The van der Waals surface area contributed by atoms with Gasteiger partial charge in [-0.3, -0.25) is 0 Å². The first-order chi connectivity index (χ1) is 10.5. The summed E-state index contributed by atoms with van der Waals surface area (Å²) in [5.74, 6) is 0. The molecule has 1 saturated heterocycles. The second kappa shape index (κ2) is 5.58. The molecule has 3 rings (SSSR count). The molecule has 0 atom stereocenters.